The van der Waals surface area contributed by atoms with E-state index >= 15 is 0 Å². The fourth-order valence-electron chi connectivity index (χ4n) is 0.818. The number of nitrogens with zero attached hydrogens (tertiary/aromatic N) is 4. The summed E-state index contributed by atoms with van der Waals surface area (Å²) in [5.41, 5.74) is 1.01. The summed E-state index contributed by atoms with van der Waals surface area (Å²) >= 11 is 0. The molecule has 0 aromatic carbocycles. The van der Waals surface area contributed by atoms with Gasteiger partial charge in [-0.1, -0.05) is 5.22 Å². The minimum Gasteiger partial charge on any atom is -0.340 e. The summed E-state index contributed by atoms with van der Waals surface area (Å²) in [5.74, 6) is 4.83. The predicted molar refractivity (Wildman–Crippen MR) is 40.8 cm³/mol. The number of aromatic nitrogens is 2. The van der Waals surface area contributed by atoms with Crippen LogP contribution in [0.3, 0.4) is 0 Å². The molecule has 5 heteroatoms. The van der Waals surface area contributed by atoms with E-state index < -0.39 is 0 Å². The van der Waals surface area contributed by atoms with Crippen LogP contribution < -0.4 is 5.84 Å². The highest BCUT2D eigenvalue weighted by Crippen LogP contribution is 1.94. The second-order valence-electron chi connectivity index (χ2n) is 2.26. The molecule has 60 valence electrons. The number of imidazole rings is 1. The van der Waals surface area contributed by atoms with Crippen molar-refractivity contribution in [3.8, 4) is 0 Å². The number of aryl methyl sites for hydroxylation is 1. The van der Waals surface area contributed by atoms with Crippen molar-refractivity contribution in [2.24, 2.45) is 23.2 Å². The van der Waals surface area contributed by atoms with Gasteiger partial charge in [-0.3, -0.25) is 0 Å². The fourth-order valence-corrected chi connectivity index (χ4v) is 0.818. The Labute approximate surface area is 64.9 Å². The first kappa shape index (κ1) is 7.71. The molecule has 0 atom stereocenters. The Hall–Kier alpha value is -1.39. The van der Waals surface area contributed by atoms with Crippen LogP contribution in [0.5, 0.6) is 0 Å². The van der Waals surface area contributed by atoms with Gasteiger partial charge in [0.25, 0.3) is 0 Å². The Morgan fingerprint density at radius 2 is 2.55 bits per heavy atom. The van der Waals surface area contributed by atoms with Gasteiger partial charge in [-0.05, 0) is 0 Å². The maximum Gasteiger partial charge on any atom is 0.0946 e. The summed E-state index contributed by atoms with van der Waals surface area (Å²) in [6.45, 7) is 0.605. The molecule has 2 N–H and O–H groups in total. The third-order valence-corrected chi connectivity index (χ3v) is 1.31. The zero-order valence-electron chi connectivity index (χ0n) is 6.44. The van der Waals surface area contributed by atoms with Crippen molar-refractivity contribution in [3.63, 3.8) is 0 Å². The molecule has 1 heterocycles. The maximum atomic E-state index is 4.83. The molecule has 0 bridgehead atoms. The monoisotopic (exact) mass is 153 g/mol. The standard InChI is InChI=1S/C6H11N5/c1-11-4-6(8-5-11)2-3-9-10-7/h4-5H,2-3H2,1H3,(H2,7,9). The van der Waals surface area contributed by atoms with E-state index in [4.69, 9.17) is 5.84 Å². The van der Waals surface area contributed by atoms with Gasteiger partial charge in [-0.15, -0.1) is 0 Å². The Balaban J connectivity index is 2.38. The molecule has 0 radical (unpaired) electrons. The zero-order valence-corrected chi connectivity index (χ0v) is 6.44. The Bertz CT molecular complexity index is 239. The van der Waals surface area contributed by atoms with E-state index in [9.17, 15) is 0 Å². The highest BCUT2D eigenvalue weighted by atomic mass is 15.3. The highest BCUT2D eigenvalue weighted by Gasteiger charge is 1.93. The molecule has 1 rings (SSSR count). The molecule has 0 aliphatic heterocycles. The number of rotatable bonds is 3. The molecule has 1 aromatic heterocycles. The van der Waals surface area contributed by atoms with Crippen LogP contribution in [0.2, 0.25) is 0 Å². The average Bonchev–Trinajstić information content (AvgIpc) is 2.37. The molecular formula is C6H11N5. The van der Waals surface area contributed by atoms with Crippen molar-refractivity contribution in [1.29, 1.82) is 0 Å². The van der Waals surface area contributed by atoms with Crippen molar-refractivity contribution >= 4 is 0 Å². The van der Waals surface area contributed by atoms with Crippen LogP contribution in [0.4, 0.5) is 0 Å². The van der Waals surface area contributed by atoms with Gasteiger partial charge in [0, 0.05) is 19.7 Å². The van der Waals surface area contributed by atoms with Gasteiger partial charge in [-0.25, -0.2) is 4.98 Å². The van der Waals surface area contributed by atoms with Crippen LogP contribution >= 0.6 is 0 Å². The van der Waals surface area contributed by atoms with E-state index in [0.717, 1.165) is 12.1 Å². The third-order valence-electron chi connectivity index (χ3n) is 1.31. The second kappa shape index (κ2) is 3.70. The van der Waals surface area contributed by atoms with Crippen molar-refractivity contribution in [2.45, 2.75) is 6.42 Å². The smallest absolute Gasteiger partial charge is 0.0946 e. The van der Waals surface area contributed by atoms with Crippen LogP contribution in [0.15, 0.2) is 22.9 Å². The van der Waals surface area contributed by atoms with Gasteiger partial charge in [0.15, 0.2) is 0 Å². The van der Waals surface area contributed by atoms with Crippen molar-refractivity contribution in [2.75, 3.05) is 6.54 Å². The molecule has 0 amide bonds. The van der Waals surface area contributed by atoms with Gasteiger partial charge < -0.3 is 10.4 Å². The molecule has 5 nitrogen and oxygen atoms in total. The largest absolute Gasteiger partial charge is 0.340 e. The van der Waals surface area contributed by atoms with E-state index in [0.29, 0.717) is 6.54 Å². The lowest BCUT2D eigenvalue weighted by molar-refractivity contribution is 0.843. The third kappa shape index (κ3) is 2.37. The number of nitrogens with two attached hydrogens (primary N) is 1. The lowest BCUT2D eigenvalue weighted by Crippen LogP contribution is -1.89. The van der Waals surface area contributed by atoms with E-state index in [1.807, 2.05) is 17.8 Å². The Kier molecular flexibility index (Phi) is 2.59. The summed E-state index contributed by atoms with van der Waals surface area (Å²) in [6.07, 6.45) is 4.50. The van der Waals surface area contributed by atoms with Crippen LogP contribution in [0.25, 0.3) is 0 Å². The predicted octanol–water partition coefficient (Wildman–Crippen LogP) is 0.288. The molecule has 0 spiro atoms. The summed E-state index contributed by atoms with van der Waals surface area (Å²) in [7, 11) is 1.93. The Morgan fingerprint density at radius 3 is 3.09 bits per heavy atom. The molecule has 0 aliphatic rings. The van der Waals surface area contributed by atoms with E-state index in [2.05, 4.69) is 15.3 Å². The molecule has 1 aromatic rings. The number of hydrogen-bond acceptors (Lipinski definition) is 3. The minimum atomic E-state index is 0.605. The molecule has 0 saturated heterocycles. The van der Waals surface area contributed by atoms with Crippen molar-refractivity contribution in [1.82, 2.24) is 9.55 Å². The van der Waals surface area contributed by atoms with E-state index in [1.165, 1.54) is 0 Å². The topological polar surface area (TPSA) is 68.6 Å². The quantitative estimate of drug-likeness (QED) is 0.385. The van der Waals surface area contributed by atoms with Gasteiger partial charge in [0.05, 0.1) is 18.6 Å². The molecule has 0 saturated carbocycles. The van der Waals surface area contributed by atoms with Crippen LogP contribution in [0.1, 0.15) is 5.69 Å². The molecule has 0 aliphatic carbocycles. The lowest BCUT2D eigenvalue weighted by Gasteiger charge is -1.87. The summed E-state index contributed by atoms with van der Waals surface area (Å²) in [5, 5.41) is 6.78. The number of hydrogen-bond donors (Lipinski definition) is 1. The molecule has 0 unspecified atom stereocenters. The molecule has 0 fully saturated rings. The Morgan fingerprint density at radius 1 is 1.73 bits per heavy atom. The van der Waals surface area contributed by atoms with Crippen molar-refractivity contribution < 1.29 is 0 Å². The maximum absolute atomic E-state index is 4.83. The zero-order chi connectivity index (χ0) is 8.10. The summed E-state index contributed by atoms with van der Waals surface area (Å²) < 4.78 is 1.90. The normalized spacial score (nSPS) is 11.0. The first-order valence-electron chi connectivity index (χ1n) is 3.36. The molecule has 11 heavy (non-hydrogen) atoms. The van der Waals surface area contributed by atoms with Gasteiger partial charge in [0.2, 0.25) is 0 Å². The first-order chi connectivity index (χ1) is 5.33. The van der Waals surface area contributed by atoms with E-state index in [1.54, 1.807) is 6.33 Å². The van der Waals surface area contributed by atoms with Crippen LogP contribution in [-0.2, 0) is 13.5 Å². The molecular weight excluding hydrogens is 142 g/mol. The second-order valence-corrected chi connectivity index (χ2v) is 2.26. The summed E-state index contributed by atoms with van der Waals surface area (Å²) in [6, 6.07) is 0. The van der Waals surface area contributed by atoms with Gasteiger partial charge in [0.1, 0.15) is 0 Å². The fraction of sp³-hybridized carbons (Fsp3) is 0.500. The lowest BCUT2D eigenvalue weighted by atomic mass is 10.3. The van der Waals surface area contributed by atoms with Crippen LogP contribution in [0, 0.1) is 0 Å². The minimum absolute atomic E-state index is 0.605. The van der Waals surface area contributed by atoms with Gasteiger partial charge >= 0.3 is 0 Å². The van der Waals surface area contributed by atoms with Crippen molar-refractivity contribution in [3.05, 3.63) is 18.2 Å². The average molecular weight is 153 g/mol. The highest BCUT2D eigenvalue weighted by molar-refractivity contribution is 4.96. The summed E-state index contributed by atoms with van der Waals surface area (Å²) in [4.78, 5) is 4.11. The van der Waals surface area contributed by atoms with Crippen LogP contribution in [-0.4, -0.2) is 16.1 Å². The first-order valence-corrected chi connectivity index (χ1v) is 3.36. The van der Waals surface area contributed by atoms with Gasteiger partial charge in [-0.2, -0.15) is 5.11 Å². The SMILES string of the molecule is Cn1cnc(CCN=NN)c1. The van der Waals surface area contributed by atoms with E-state index in [-0.39, 0.29) is 0 Å².